The zero-order chi connectivity index (χ0) is 31.0. The average Bonchev–Trinajstić information content (AvgIpc) is 3.60. The standard InChI is InChI=1S/C34H34FN7O2/c1-34(2,3)33(43)38-23-12-21(17-36-18-23)29-16-27-31(19-37-29)40-41-32(27)30-15-26-25(7-6-8-28(26)39-30)20-11-22(35)14-24(13-20)44-10-9-42(4)5/h6-8,11-19,39H,9-10H2,1-5H3,(H,38,43)(H,40,41). The van der Waals surface area contributed by atoms with Crippen molar-refractivity contribution >= 4 is 33.4 Å². The van der Waals surface area contributed by atoms with Gasteiger partial charge in [0.2, 0.25) is 5.91 Å². The fourth-order valence-electron chi connectivity index (χ4n) is 4.93. The van der Waals surface area contributed by atoms with Gasteiger partial charge in [-0.1, -0.05) is 32.9 Å². The summed E-state index contributed by atoms with van der Waals surface area (Å²) < 4.78 is 20.5. The molecule has 0 radical (unpaired) electrons. The summed E-state index contributed by atoms with van der Waals surface area (Å²) in [6.45, 7) is 6.77. The fraction of sp³-hybridized carbons (Fsp3) is 0.235. The Morgan fingerprint density at radius 2 is 1.82 bits per heavy atom. The van der Waals surface area contributed by atoms with E-state index in [0.717, 1.165) is 56.4 Å². The molecule has 0 atom stereocenters. The van der Waals surface area contributed by atoms with Crippen molar-refractivity contribution in [3.8, 4) is 39.5 Å². The molecule has 3 N–H and O–H groups in total. The molecule has 0 aliphatic heterocycles. The molecule has 4 heterocycles. The Hall–Kier alpha value is -5.09. The smallest absolute Gasteiger partial charge is 0.229 e. The monoisotopic (exact) mass is 591 g/mol. The summed E-state index contributed by atoms with van der Waals surface area (Å²) in [5.74, 6) is 0.0379. The lowest BCUT2D eigenvalue weighted by molar-refractivity contribution is -0.123. The number of H-pyrrole nitrogens is 2. The first-order valence-electron chi connectivity index (χ1n) is 14.4. The number of aromatic amines is 2. The molecule has 0 aliphatic rings. The van der Waals surface area contributed by atoms with Crippen molar-refractivity contribution in [3.63, 3.8) is 0 Å². The van der Waals surface area contributed by atoms with E-state index in [-0.39, 0.29) is 11.7 Å². The Morgan fingerprint density at radius 3 is 2.61 bits per heavy atom. The molecule has 9 nitrogen and oxygen atoms in total. The van der Waals surface area contributed by atoms with Gasteiger partial charge in [-0.05, 0) is 61.6 Å². The molecule has 4 aromatic heterocycles. The van der Waals surface area contributed by atoms with Crippen molar-refractivity contribution in [2.45, 2.75) is 20.8 Å². The van der Waals surface area contributed by atoms with Crippen LogP contribution in [-0.4, -0.2) is 63.2 Å². The Labute approximate surface area is 254 Å². The lowest BCUT2D eigenvalue weighted by atomic mass is 9.95. The fourth-order valence-corrected chi connectivity index (χ4v) is 4.93. The van der Waals surface area contributed by atoms with Crippen molar-refractivity contribution in [3.05, 3.63) is 79.0 Å². The van der Waals surface area contributed by atoms with Gasteiger partial charge in [0, 0.05) is 46.1 Å². The van der Waals surface area contributed by atoms with Crippen LogP contribution >= 0.6 is 0 Å². The van der Waals surface area contributed by atoms with E-state index in [0.29, 0.717) is 23.7 Å². The molecule has 1 amide bonds. The number of nitrogens with zero attached hydrogens (tertiary/aromatic N) is 4. The van der Waals surface area contributed by atoms with Gasteiger partial charge < -0.3 is 19.9 Å². The number of aromatic nitrogens is 5. The number of hydrogen-bond donors (Lipinski definition) is 3. The number of amides is 1. The van der Waals surface area contributed by atoms with Crippen LogP contribution in [0.2, 0.25) is 0 Å². The van der Waals surface area contributed by atoms with E-state index in [9.17, 15) is 9.18 Å². The first-order valence-corrected chi connectivity index (χ1v) is 14.4. The molecule has 0 aliphatic carbocycles. The van der Waals surface area contributed by atoms with Gasteiger partial charge in [0.15, 0.2) is 0 Å². The quantitative estimate of drug-likeness (QED) is 0.178. The van der Waals surface area contributed by atoms with Crippen LogP contribution in [0, 0.1) is 11.2 Å². The molecule has 0 saturated heterocycles. The van der Waals surface area contributed by atoms with E-state index in [2.05, 4.69) is 30.5 Å². The molecule has 2 aromatic carbocycles. The van der Waals surface area contributed by atoms with Crippen LogP contribution in [0.3, 0.4) is 0 Å². The molecule has 6 aromatic rings. The summed E-state index contributed by atoms with van der Waals surface area (Å²) in [4.78, 5) is 27.0. The first kappa shape index (κ1) is 29.0. The second-order valence-corrected chi connectivity index (χ2v) is 12.1. The van der Waals surface area contributed by atoms with E-state index in [4.69, 9.17) is 4.74 Å². The number of fused-ring (bicyclic) bond motifs is 2. The SMILES string of the molecule is CN(C)CCOc1cc(F)cc(-c2cccc3[nH]c(-c4n[nH]c5cnc(-c6cncc(NC(=O)C(C)(C)C)c6)cc45)cc23)c1. The zero-order valence-electron chi connectivity index (χ0n) is 25.3. The van der Waals surface area contributed by atoms with Crippen LogP contribution in [0.1, 0.15) is 20.8 Å². The van der Waals surface area contributed by atoms with E-state index in [1.165, 1.54) is 12.1 Å². The van der Waals surface area contributed by atoms with E-state index >= 15 is 0 Å². The van der Waals surface area contributed by atoms with Crippen LogP contribution in [0.25, 0.3) is 55.6 Å². The van der Waals surface area contributed by atoms with Crippen molar-refractivity contribution in [2.75, 3.05) is 32.6 Å². The Bertz CT molecular complexity index is 1990. The van der Waals surface area contributed by atoms with Crippen LogP contribution in [-0.2, 0) is 4.79 Å². The minimum absolute atomic E-state index is 0.0959. The number of benzene rings is 2. The largest absolute Gasteiger partial charge is 0.492 e. The van der Waals surface area contributed by atoms with Crippen LogP contribution in [0.15, 0.2) is 73.2 Å². The minimum Gasteiger partial charge on any atom is -0.492 e. The summed E-state index contributed by atoms with van der Waals surface area (Å²) in [5.41, 5.74) is 6.33. The maximum absolute atomic E-state index is 14.7. The normalized spacial score (nSPS) is 11.9. The van der Waals surface area contributed by atoms with Gasteiger partial charge in [-0.25, -0.2) is 4.39 Å². The number of carbonyl (C=O) groups is 1. The summed E-state index contributed by atoms with van der Waals surface area (Å²) in [7, 11) is 3.93. The molecular weight excluding hydrogens is 557 g/mol. The Morgan fingerprint density at radius 1 is 0.977 bits per heavy atom. The first-order chi connectivity index (χ1) is 21.0. The lowest BCUT2D eigenvalue weighted by Gasteiger charge is -2.17. The number of likely N-dealkylation sites (N-methyl/N-ethyl adjacent to an activating group) is 1. The Balaban J connectivity index is 1.35. The van der Waals surface area contributed by atoms with Gasteiger partial charge in [-0.15, -0.1) is 0 Å². The summed E-state index contributed by atoms with van der Waals surface area (Å²) in [6.07, 6.45) is 5.07. The summed E-state index contributed by atoms with van der Waals surface area (Å²) in [5, 5.41) is 12.4. The van der Waals surface area contributed by atoms with Gasteiger partial charge in [0.25, 0.3) is 0 Å². The molecule has 0 unspecified atom stereocenters. The van der Waals surface area contributed by atoms with E-state index in [1.54, 1.807) is 18.6 Å². The number of anilines is 1. The highest BCUT2D eigenvalue weighted by Crippen LogP contribution is 2.36. The molecule has 0 spiro atoms. The van der Waals surface area contributed by atoms with Crippen molar-refractivity contribution in [1.82, 2.24) is 30.0 Å². The molecule has 44 heavy (non-hydrogen) atoms. The third-order valence-corrected chi connectivity index (χ3v) is 7.33. The topological polar surface area (TPSA) is 112 Å². The lowest BCUT2D eigenvalue weighted by Crippen LogP contribution is -2.27. The van der Waals surface area contributed by atoms with Crippen LogP contribution in [0.4, 0.5) is 10.1 Å². The van der Waals surface area contributed by atoms with Crippen LogP contribution < -0.4 is 10.1 Å². The third kappa shape index (κ3) is 6.02. The average molecular weight is 592 g/mol. The Kier molecular flexibility index (Phi) is 7.60. The van der Waals surface area contributed by atoms with Gasteiger partial charge in [-0.2, -0.15) is 5.10 Å². The highest BCUT2D eigenvalue weighted by atomic mass is 19.1. The molecular formula is C34H34FN7O2. The van der Waals surface area contributed by atoms with Crippen molar-refractivity contribution < 1.29 is 13.9 Å². The zero-order valence-corrected chi connectivity index (χ0v) is 25.3. The number of carbonyl (C=O) groups excluding carboxylic acids is 1. The van der Waals surface area contributed by atoms with Gasteiger partial charge in [0.1, 0.15) is 23.9 Å². The number of pyridine rings is 2. The number of halogens is 1. The van der Waals surface area contributed by atoms with Gasteiger partial charge >= 0.3 is 0 Å². The van der Waals surface area contributed by atoms with E-state index < -0.39 is 5.41 Å². The number of hydrogen-bond acceptors (Lipinski definition) is 6. The van der Waals surface area contributed by atoms with Crippen LogP contribution in [0.5, 0.6) is 5.75 Å². The van der Waals surface area contributed by atoms with Gasteiger partial charge in [-0.3, -0.25) is 19.9 Å². The predicted molar refractivity (Wildman–Crippen MR) is 172 cm³/mol. The molecule has 6 rings (SSSR count). The number of ether oxygens (including phenoxy) is 1. The number of rotatable bonds is 8. The molecule has 0 saturated carbocycles. The third-order valence-electron chi connectivity index (χ3n) is 7.33. The molecule has 0 bridgehead atoms. The number of nitrogens with one attached hydrogen (secondary N) is 3. The minimum atomic E-state index is -0.533. The van der Waals surface area contributed by atoms with Gasteiger partial charge in [0.05, 0.1) is 35.0 Å². The maximum Gasteiger partial charge on any atom is 0.229 e. The molecule has 0 fully saturated rings. The van der Waals surface area contributed by atoms with Crippen molar-refractivity contribution in [2.24, 2.45) is 5.41 Å². The molecule has 10 heteroatoms. The van der Waals surface area contributed by atoms with E-state index in [1.807, 2.05) is 82.2 Å². The predicted octanol–water partition coefficient (Wildman–Crippen LogP) is 6.90. The second-order valence-electron chi connectivity index (χ2n) is 12.1. The highest BCUT2D eigenvalue weighted by molar-refractivity contribution is 6.01. The summed E-state index contributed by atoms with van der Waals surface area (Å²) in [6, 6.07) is 16.5. The van der Waals surface area contributed by atoms with Crippen molar-refractivity contribution in [1.29, 1.82) is 0 Å². The molecule has 224 valence electrons. The summed E-state index contributed by atoms with van der Waals surface area (Å²) >= 11 is 0. The second kappa shape index (κ2) is 11.5. The maximum atomic E-state index is 14.7. The highest BCUT2D eigenvalue weighted by Gasteiger charge is 2.21.